The molecule has 0 aliphatic rings. The molecule has 6 heteroatoms. The number of alkyl halides is 3. The van der Waals surface area contributed by atoms with E-state index in [9.17, 15) is 13.2 Å². The van der Waals surface area contributed by atoms with E-state index in [4.69, 9.17) is 5.73 Å². The minimum absolute atomic E-state index is 0.166. The van der Waals surface area contributed by atoms with Crippen LogP contribution in [-0.2, 0) is 4.74 Å². The summed E-state index contributed by atoms with van der Waals surface area (Å²) in [5.74, 6) is 0. The van der Waals surface area contributed by atoms with Crippen molar-refractivity contribution in [3.05, 3.63) is 24.3 Å². The third-order valence-electron chi connectivity index (χ3n) is 2.24. The molecule has 0 saturated heterocycles. The Bertz CT molecular complexity index is 355. The molecule has 0 fully saturated rings. The van der Waals surface area contributed by atoms with Crippen LogP contribution in [0.15, 0.2) is 24.3 Å². The summed E-state index contributed by atoms with van der Waals surface area (Å²) in [4.78, 5) is 1.77. The normalized spacial score (nSPS) is 11.5. The van der Waals surface area contributed by atoms with Crippen molar-refractivity contribution in [2.75, 3.05) is 30.3 Å². The number of nitrogens with zero attached hydrogens (tertiary/aromatic N) is 1. The third kappa shape index (κ3) is 4.95. The van der Waals surface area contributed by atoms with Crippen LogP contribution in [0.1, 0.15) is 6.92 Å². The highest BCUT2D eigenvalue weighted by Crippen LogP contribution is 2.19. The minimum atomic E-state index is -4.57. The van der Waals surface area contributed by atoms with Gasteiger partial charge in [0.05, 0.1) is 6.61 Å². The van der Waals surface area contributed by atoms with Crippen molar-refractivity contribution < 1.29 is 17.9 Å². The molecule has 0 radical (unpaired) electrons. The number of halogens is 3. The smallest absolute Gasteiger partial charge is 0.399 e. The second kappa shape index (κ2) is 5.77. The summed E-state index contributed by atoms with van der Waals surface area (Å²) >= 11 is 0. The Morgan fingerprint density at radius 1 is 1.35 bits per heavy atom. The maximum atomic E-state index is 11.8. The van der Waals surface area contributed by atoms with Crippen LogP contribution in [0.5, 0.6) is 0 Å². The number of anilines is 2. The zero-order valence-corrected chi connectivity index (χ0v) is 9.50. The number of benzene rings is 1. The second-order valence-electron chi connectivity index (χ2n) is 3.47. The van der Waals surface area contributed by atoms with Gasteiger partial charge in [-0.25, -0.2) is 0 Å². The highest BCUT2D eigenvalue weighted by atomic mass is 19.4. The van der Waals surface area contributed by atoms with Gasteiger partial charge in [-0.15, -0.1) is 13.2 Å². The van der Waals surface area contributed by atoms with Crippen LogP contribution in [0.2, 0.25) is 0 Å². The molecule has 0 unspecified atom stereocenters. The molecule has 0 heterocycles. The van der Waals surface area contributed by atoms with Crippen LogP contribution in [0, 0.1) is 0 Å². The fourth-order valence-electron chi connectivity index (χ4n) is 1.46. The lowest BCUT2D eigenvalue weighted by Crippen LogP contribution is -2.29. The van der Waals surface area contributed by atoms with Gasteiger partial charge in [-0.3, -0.25) is 4.74 Å². The van der Waals surface area contributed by atoms with Crippen LogP contribution in [0.25, 0.3) is 0 Å². The Morgan fingerprint density at radius 3 is 2.59 bits per heavy atom. The maximum Gasteiger partial charge on any atom is 0.522 e. The molecule has 2 N–H and O–H groups in total. The van der Waals surface area contributed by atoms with Gasteiger partial charge in [-0.05, 0) is 25.1 Å². The zero-order chi connectivity index (χ0) is 12.9. The van der Waals surface area contributed by atoms with Crippen molar-refractivity contribution in [3.63, 3.8) is 0 Å². The molecule has 3 nitrogen and oxygen atoms in total. The van der Waals surface area contributed by atoms with Crippen molar-refractivity contribution in [1.82, 2.24) is 0 Å². The number of hydrogen-bond acceptors (Lipinski definition) is 3. The van der Waals surface area contributed by atoms with E-state index < -0.39 is 13.0 Å². The molecule has 1 rings (SSSR count). The molecule has 0 spiro atoms. The van der Waals surface area contributed by atoms with Crippen molar-refractivity contribution in [2.24, 2.45) is 0 Å². The van der Waals surface area contributed by atoms with E-state index in [1.54, 1.807) is 29.2 Å². The summed E-state index contributed by atoms with van der Waals surface area (Å²) in [6.45, 7) is 2.22. The SMILES string of the molecule is CCN(CCOC(F)(F)F)c1cccc(N)c1. The van der Waals surface area contributed by atoms with E-state index in [1.165, 1.54) is 0 Å². The van der Waals surface area contributed by atoms with Crippen molar-refractivity contribution in [3.8, 4) is 0 Å². The van der Waals surface area contributed by atoms with Crippen molar-refractivity contribution in [1.29, 1.82) is 0 Å². The molecule has 0 aliphatic heterocycles. The number of likely N-dealkylation sites (N-methyl/N-ethyl adjacent to an activating group) is 1. The Balaban J connectivity index is 2.54. The third-order valence-corrected chi connectivity index (χ3v) is 2.24. The van der Waals surface area contributed by atoms with Crippen LogP contribution in [0.3, 0.4) is 0 Å². The van der Waals surface area contributed by atoms with Gasteiger partial charge < -0.3 is 10.6 Å². The van der Waals surface area contributed by atoms with E-state index in [0.29, 0.717) is 12.2 Å². The molecule has 0 amide bonds. The Hall–Kier alpha value is -1.43. The second-order valence-corrected chi connectivity index (χ2v) is 3.47. The molecule has 1 aromatic carbocycles. The van der Waals surface area contributed by atoms with Crippen LogP contribution < -0.4 is 10.6 Å². The summed E-state index contributed by atoms with van der Waals surface area (Å²) in [5, 5.41) is 0. The monoisotopic (exact) mass is 248 g/mol. The lowest BCUT2D eigenvalue weighted by Gasteiger charge is -2.23. The molecular weight excluding hydrogens is 233 g/mol. The van der Waals surface area contributed by atoms with Gasteiger partial charge in [0, 0.05) is 24.5 Å². The highest BCUT2D eigenvalue weighted by molar-refractivity contribution is 5.55. The summed E-state index contributed by atoms with van der Waals surface area (Å²) < 4.78 is 39.2. The quantitative estimate of drug-likeness (QED) is 0.814. The van der Waals surface area contributed by atoms with Crippen LogP contribution in [-0.4, -0.2) is 26.1 Å². The first-order valence-corrected chi connectivity index (χ1v) is 5.23. The van der Waals surface area contributed by atoms with Crippen LogP contribution >= 0.6 is 0 Å². The average Bonchev–Trinajstić information content (AvgIpc) is 2.23. The lowest BCUT2D eigenvalue weighted by atomic mass is 10.2. The predicted molar refractivity (Wildman–Crippen MR) is 60.7 cm³/mol. The predicted octanol–water partition coefficient (Wildman–Crippen LogP) is 2.63. The van der Waals surface area contributed by atoms with Gasteiger partial charge in [-0.2, -0.15) is 0 Å². The molecule has 0 aliphatic carbocycles. The van der Waals surface area contributed by atoms with Gasteiger partial charge in [-0.1, -0.05) is 6.07 Å². The molecule has 1 aromatic rings. The summed E-state index contributed by atoms with van der Waals surface area (Å²) in [6.07, 6.45) is -4.57. The summed E-state index contributed by atoms with van der Waals surface area (Å²) in [7, 11) is 0. The van der Waals surface area contributed by atoms with E-state index in [0.717, 1.165) is 5.69 Å². The molecule has 0 saturated carbocycles. The maximum absolute atomic E-state index is 11.8. The van der Waals surface area contributed by atoms with E-state index in [2.05, 4.69) is 4.74 Å². The summed E-state index contributed by atoms with van der Waals surface area (Å²) in [6, 6.07) is 7.01. The van der Waals surface area contributed by atoms with Gasteiger partial charge in [0.15, 0.2) is 0 Å². The topological polar surface area (TPSA) is 38.5 Å². The van der Waals surface area contributed by atoms with Gasteiger partial charge in [0.2, 0.25) is 0 Å². The highest BCUT2D eigenvalue weighted by Gasteiger charge is 2.28. The van der Waals surface area contributed by atoms with Crippen LogP contribution in [0.4, 0.5) is 24.5 Å². The average molecular weight is 248 g/mol. The van der Waals surface area contributed by atoms with E-state index in [-0.39, 0.29) is 6.54 Å². The molecule has 0 aromatic heterocycles. The standard InChI is InChI=1S/C11H15F3N2O/c1-2-16(6-7-17-11(12,13)14)10-5-3-4-9(15)8-10/h3-5,8H,2,6-7,15H2,1H3. The fourth-order valence-corrected chi connectivity index (χ4v) is 1.46. The Kier molecular flexibility index (Phi) is 4.62. The molecule has 0 atom stereocenters. The number of rotatable bonds is 5. The fraction of sp³-hybridized carbons (Fsp3) is 0.455. The van der Waals surface area contributed by atoms with Gasteiger partial charge >= 0.3 is 6.36 Å². The van der Waals surface area contributed by atoms with Crippen molar-refractivity contribution in [2.45, 2.75) is 13.3 Å². The zero-order valence-electron chi connectivity index (χ0n) is 9.50. The van der Waals surface area contributed by atoms with Gasteiger partial charge in [0.25, 0.3) is 0 Å². The summed E-state index contributed by atoms with van der Waals surface area (Å²) in [5.41, 5.74) is 6.98. The lowest BCUT2D eigenvalue weighted by molar-refractivity contribution is -0.323. The first kappa shape index (κ1) is 13.6. The minimum Gasteiger partial charge on any atom is -0.399 e. The number of nitrogens with two attached hydrogens (primary N) is 1. The molecule has 96 valence electrons. The van der Waals surface area contributed by atoms with E-state index >= 15 is 0 Å². The molecule has 0 bridgehead atoms. The first-order valence-electron chi connectivity index (χ1n) is 5.23. The number of nitrogen functional groups attached to an aromatic ring is 1. The largest absolute Gasteiger partial charge is 0.522 e. The first-order chi connectivity index (χ1) is 7.92. The molecule has 17 heavy (non-hydrogen) atoms. The molecular formula is C11H15F3N2O. The van der Waals surface area contributed by atoms with Crippen molar-refractivity contribution >= 4 is 11.4 Å². The number of hydrogen-bond donors (Lipinski definition) is 1. The Morgan fingerprint density at radius 2 is 2.06 bits per heavy atom. The van der Waals surface area contributed by atoms with E-state index in [1.807, 2.05) is 6.92 Å². The Labute approximate surface area is 98.0 Å². The van der Waals surface area contributed by atoms with Gasteiger partial charge in [0.1, 0.15) is 0 Å². The number of ether oxygens (including phenoxy) is 1.